The van der Waals surface area contributed by atoms with E-state index in [2.05, 4.69) is 20.8 Å². The number of nitrogens with zero attached hydrogens (tertiary/aromatic N) is 4. The van der Waals surface area contributed by atoms with E-state index in [4.69, 9.17) is 23.2 Å². The van der Waals surface area contributed by atoms with Crippen molar-refractivity contribution >= 4 is 46.4 Å². The summed E-state index contributed by atoms with van der Waals surface area (Å²) in [4.78, 5) is 11.9. The smallest absolute Gasteiger partial charge is 0.241 e. The second-order valence-electron chi connectivity index (χ2n) is 4.98. The van der Waals surface area contributed by atoms with E-state index in [1.54, 1.807) is 22.9 Å². The number of amides is 1. The van der Waals surface area contributed by atoms with E-state index in [0.29, 0.717) is 22.2 Å². The minimum absolute atomic E-state index is 0.223. The largest absolute Gasteiger partial charge is 0.273 e. The maximum atomic E-state index is 11.9. The maximum Gasteiger partial charge on any atom is 0.241 e. The molecule has 0 bridgehead atoms. The van der Waals surface area contributed by atoms with Gasteiger partial charge in [-0.05, 0) is 24.3 Å². The predicted molar refractivity (Wildman–Crippen MR) is 94.3 cm³/mol. The molecule has 1 heterocycles. The number of benzene rings is 2. The highest BCUT2D eigenvalue weighted by Gasteiger charge is 2.06. The molecule has 0 fully saturated rings. The number of carbonyl (C=O) groups excluding carboxylic acids is 1. The molecule has 0 aliphatic carbocycles. The van der Waals surface area contributed by atoms with Crippen LogP contribution in [0.25, 0.3) is 11.0 Å². The van der Waals surface area contributed by atoms with Crippen LogP contribution >= 0.6 is 23.2 Å². The summed E-state index contributed by atoms with van der Waals surface area (Å²) in [5, 5.41) is 12.9. The zero-order valence-electron chi connectivity index (χ0n) is 12.5. The standard InChI is InChI=1S/C16H13Cl2N5O/c17-12-4-3-5-13(18)11(12)10-19-21-16(24)8-9-23-15-7-2-1-6-14(15)20-22-23/h1-7,10H,8-9H2,(H,21,24)/b19-10+. The summed E-state index contributed by atoms with van der Waals surface area (Å²) in [5.74, 6) is -0.242. The average molecular weight is 362 g/mol. The van der Waals surface area contributed by atoms with Crippen molar-refractivity contribution in [1.82, 2.24) is 20.4 Å². The molecule has 1 aromatic heterocycles. The Labute approximate surface area is 148 Å². The van der Waals surface area contributed by atoms with Gasteiger partial charge < -0.3 is 0 Å². The summed E-state index contributed by atoms with van der Waals surface area (Å²) in [6, 6.07) is 12.7. The van der Waals surface area contributed by atoms with Gasteiger partial charge in [0.25, 0.3) is 0 Å². The highest BCUT2D eigenvalue weighted by Crippen LogP contribution is 2.21. The van der Waals surface area contributed by atoms with Crippen molar-refractivity contribution in [3.8, 4) is 0 Å². The minimum Gasteiger partial charge on any atom is -0.273 e. The van der Waals surface area contributed by atoms with Crippen LogP contribution in [0.2, 0.25) is 10.0 Å². The van der Waals surface area contributed by atoms with Crippen LogP contribution in [0, 0.1) is 0 Å². The Morgan fingerprint density at radius 1 is 1.17 bits per heavy atom. The third kappa shape index (κ3) is 3.72. The van der Waals surface area contributed by atoms with Crippen LogP contribution in [-0.2, 0) is 11.3 Å². The molecule has 122 valence electrons. The van der Waals surface area contributed by atoms with E-state index < -0.39 is 0 Å². The van der Waals surface area contributed by atoms with Gasteiger partial charge in [-0.25, -0.2) is 10.1 Å². The van der Waals surface area contributed by atoms with Gasteiger partial charge in [0.2, 0.25) is 5.91 Å². The Bertz CT molecular complexity index is 886. The topological polar surface area (TPSA) is 72.2 Å². The lowest BCUT2D eigenvalue weighted by molar-refractivity contribution is -0.121. The van der Waals surface area contributed by atoms with Gasteiger partial charge in [0, 0.05) is 12.0 Å². The van der Waals surface area contributed by atoms with E-state index in [1.165, 1.54) is 6.21 Å². The van der Waals surface area contributed by atoms with Gasteiger partial charge in [-0.3, -0.25) is 4.79 Å². The monoisotopic (exact) mass is 361 g/mol. The van der Waals surface area contributed by atoms with E-state index in [1.807, 2.05) is 24.3 Å². The lowest BCUT2D eigenvalue weighted by atomic mass is 10.2. The normalized spacial score (nSPS) is 11.2. The SMILES string of the molecule is O=C(CCn1nnc2ccccc21)N/N=C/c1c(Cl)cccc1Cl. The number of rotatable bonds is 5. The molecule has 8 heteroatoms. The molecular weight excluding hydrogens is 349 g/mol. The Hall–Kier alpha value is -2.44. The summed E-state index contributed by atoms with van der Waals surface area (Å²) in [6.45, 7) is 0.411. The van der Waals surface area contributed by atoms with Crippen LogP contribution in [0.4, 0.5) is 0 Å². The fourth-order valence-electron chi connectivity index (χ4n) is 2.15. The maximum absolute atomic E-state index is 11.9. The molecule has 0 aliphatic rings. The van der Waals surface area contributed by atoms with Gasteiger partial charge in [-0.1, -0.05) is 46.6 Å². The zero-order valence-corrected chi connectivity index (χ0v) is 14.0. The second kappa shape index (κ2) is 7.42. The first kappa shape index (κ1) is 16.4. The average Bonchev–Trinajstić information content (AvgIpc) is 2.99. The first-order chi connectivity index (χ1) is 11.6. The summed E-state index contributed by atoms with van der Waals surface area (Å²) in [7, 11) is 0. The Kier molecular flexibility index (Phi) is 5.08. The number of carbonyl (C=O) groups is 1. The van der Waals surface area contributed by atoms with Crippen molar-refractivity contribution < 1.29 is 4.79 Å². The number of hydrazone groups is 1. The van der Waals surface area contributed by atoms with Gasteiger partial charge in [0.15, 0.2) is 0 Å². The van der Waals surface area contributed by atoms with Crippen LogP contribution in [0.1, 0.15) is 12.0 Å². The number of hydrogen-bond acceptors (Lipinski definition) is 4. The number of aryl methyl sites for hydroxylation is 1. The molecule has 3 rings (SSSR count). The van der Waals surface area contributed by atoms with Crippen molar-refractivity contribution in [2.45, 2.75) is 13.0 Å². The number of para-hydroxylation sites is 1. The van der Waals surface area contributed by atoms with Crippen molar-refractivity contribution in [2.75, 3.05) is 0 Å². The van der Waals surface area contributed by atoms with Crippen molar-refractivity contribution in [3.05, 3.63) is 58.1 Å². The molecule has 0 aliphatic heterocycles. The van der Waals surface area contributed by atoms with Crippen LogP contribution in [0.15, 0.2) is 47.6 Å². The lowest BCUT2D eigenvalue weighted by Crippen LogP contribution is -2.19. The molecular formula is C16H13Cl2N5O. The Morgan fingerprint density at radius 2 is 1.92 bits per heavy atom. The van der Waals surface area contributed by atoms with Crippen molar-refractivity contribution in [3.63, 3.8) is 0 Å². The van der Waals surface area contributed by atoms with Gasteiger partial charge in [0.05, 0.1) is 28.3 Å². The molecule has 3 aromatic rings. The third-order valence-corrected chi connectivity index (χ3v) is 4.01. The quantitative estimate of drug-likeness (QED) is 0.559. The van der Waals surface area contributed by atoms with Crippen molar-refractivity contribution in [1.29, 1.82) is 0 Å². The van der Waals surface area contributed by atoms with E-state index >= 15 is 0 Å². The van der Waals surface area contributed by atoms with Crippen LogP contribution < -0.4 is 5.43 Å². The molecule has 1 amide bonds. The van der Waals surface area contributed by atoms with Crippen molar-refractivity contribution in [2.24, 2.45) is 5.10 Å². The molecule has 0 unspecified atom stereocenters. The second-order valence-corrected chi connectivity index (χ2v) is 5.79. The molecule has 24 heavy (non-hydrogen) atoms. The molecule has 1 N–H and O–H groups in total. The number of aromatic nitrogens is 3. The van der Waals surface area contributed by atoms with Gasteiger partial charge in [-0.2, -0.15) is 5.10 Å². The number of nitrogens with one attached hydrogen (secondary N) is 1. The molecule has 0 radical (unpaired) electrons. The zero-order chi connectivity index (χ0) is 16.9. The number of hydrogen-bond donors (Lipinski definition) is 1. The van der Waals surface area contributed by atoms with Gasteiger partial charge in [0.1, 0.15) is 5.52 Å². The highest BCUT2D eigenvalue weighted by molar-refractivity contribution is 6.38. The fourth-order valence-corrected chi connectivity index (χ4v) is 2.64. The lowest BCUT2D eigenvalue weighted by Gasteiger charge is -2.03. The first-order valence-corrected chi connectivity index (χ1v) is 7.95. The molecule has 0 spiro atoms. The van der Waals surface area contributed by atoms with E-state index in [9.17, 15) is 4.79 Å². The summed E-state index contributed by atoms with van der Waals surface area (Å²) in [6.07, 6.45) is 1.65. The van der Waals surface area contributed by atoms with Crippen LogP contribution in [0.3, 0.4) is 0 Å². The van der Waals surface area contributed by atoms with Gasteiger partial charge in [-0.15, -0.1) is 5.10 Å². The van der Waals surface area contributed by atoms with E-state index in [0.717, 1.165) is 11.0 Å². The number of halogens is 2. The molecule has 0 saturated carbocycles. The summed E-state index contributed by atoms with van der Waals surface area (Å²) in [5.41, 5.74) is 4.69. The van der Waals surface area contributed by atoms with Crippen LogP contribution in [-0.4, -0.2) is 27.1 Å². The van der Waals surface area contributed by atoms with E-state index in [-0.39, 0.29) is 12.3 Å². The van der Waals surface area contributed by atoms with Gasteiger partial charge >= 0.3 is 0 Å². The van der Waals surface area contributed by atoms with Crippen LogP contribution in [0.5, 0.6) is 0 Å². The Balaban J connectivity index is 1.57. The molecule has 2 aromatic carbocycles. The molecule has 0 saturated heterocycles. The fraction of sp³-hybridized carbons (Fsp3) is 0.125. The highest BCUT2D eigenvalue weighted by atomic mass is 35.5. The third-order valence-electron chi connectivity index (χ3n) is 3.35. The summed E-state index contributed by atoms with van der Waals surface area (Å²) >= 11 is 12.0. The number of fused-ring (bicyclic) bond motifs is 1. The Morgan fingerprint density at radius 3 is 2.71 bits per heavy atom. The first-order valence-electron chi connectivity index (χ1n) is 7.19. The summed E-state index contributed by atoms with van der Waals surface area (Å²) < 4.78 is 1.68. The molecule has 6 nitrogen and oxygen atoms in total. The minimum atomic E-state index is -0.242. The molecule has 0 atom stereocenters. The predicted octanol–water partition coefficient (Wildman–Crippen LogP) is 3.28.